The van der Waals surface area contributed by atoms with Crippen LogP contribution in [0.15, 0.2) is 42.6 Å². The highest BCUT2D eigenvalue weighted by molar-refractivity contribution is 6.01. The van der Waals surface area contributed by atoms with E-state index in [1.165, 1.54) is 4.90 Å². The lowest BCUT2D eigenvalue weighted by molar-refractivity contribution is -0.135. The molecule has 31 heavy (non-hydrogen) atoms. The highest BCUT2D eigenvalue weighted by atomic mass is 16.5. The number of hydrogen-bond acceptors (Lipinski definition) is 6. The van der Waals surface area contributed by atoms with Gasteiger partial charge in [0.2, 0.25) is 11.8 Å². The summed E-state index contributed by atoms with van der Waals surface area (Å²) in [4.78, 5) is 43.4. The van der Waals surface area contributed by atoms with Crippen molar-refractivity contribution < 1.29 is 19.1 Å². The first-order valence-corrected chi connectivity index (χ1v) is 10.2. The molecular formula is C22H25N5O4. The fourth-order valence-corrected chi connectivity index (χ4v) is 3.97. The molecule has 3 amide bonds. The van der Waals surface area contributed by atoms with Gasteiger partial charge in [0.25, 0.3) is 5.91 Å². The van der Waals surface area contributed by atoms with Crippen LogP contribution in [0.1, 0.15) is 35.2 Å². The van der Waals surface area contributed by atoms with Crippen molar-refractivity contribution in [2.24, 2.45) is 0 Å². The Morgan fingerprint density at radius 1 is 1.19 bits per heavy atom. The number of nitrogens with one attached hydrogen (secondary N) is 3. The van der Waals surface area contributed by atoms with E-state index in [2.05, 4.69) is 20.9 Å². The third-order valence-electron chi connectivity index (χ3n) is 5.69. The van der Waals surface area contributed by atoms with Gasteiger partial charge >= 0.3 is 0 Å². The zero-order chi connectivity index (χ0) is 21.8. The lowest BCUT2D eigenvalue weighted by Gasteiger charge is -2.39. The average Bonchev–Trinajstić information content (AvgIpc) is 2.92. The monoisotopic (exact) mass is 423 g/mol. The lowest BCUT2D eigenvalue weighted by atomic mass is 9.97. The van der Waals surface area contributed by atoms with Gasteiger partial charge in [-0.2, -0.15) is 0 Å². The SMILES string of the molecule is COc1ccccc1CNC(=O)CN1CCC2(CCC1=O)NC(=O)c1cccnc1N2. The number of anilines is 1. The summed E-state index contributed by atoms with van der Waals surface area (Å²) in [7, 11) is 1.58. The van der Waals surface area contributed by atoms with Crippen molar-refractivity contribution >= 4 is 23.5 Å². The first kappa shape index (κ1) is 20.6. The number of likely N-dealkylation sites (tertiary alicyclic amines) is 1. The van der Waals surface area contributed by atoms with E-state index in [4.69, 9.17) is 4.74 Å². The number of amides is 3. The number of nitrogens with zero attached hydrogens (tertiary/aromatic N) is 2. The zero-order valence-electron chi connectivity index (χ0n) is 17.3. The van der Waals surface area contributed by atoms with Gasteiger partial charge in [-0.1, -0.05) is 18.2 Å². The molecule has 1 fully saturated rings. The van der Waals surface area contributed by atoms with Crippen LogP contribution in [0, 0.1) is 0 Å². The second-order valence-electron chi connectivity index (χ2n) is 7.71. The van der Waals surface area contributed by atoms with Crippen LogP contribution in [-0.2, 0) is 16.1 Å². The summed E-state index contributed by atoms with van der Waals surface area (Å²) in [6.45, 7) is 0.623. The summed E-state index contributed by atoms with van der Waals surface area (Å²) in [5, 5.41) is 9.14. The van der Waals surface area contributed by atoms with Gasteiger partial charge < -0.3 is 25.6 Å². The van der Waals surface area contributed by atoms with Crippen LogP contribution in [-0.4, -0.2) is 53.5 Å². The highest BCUT2D eigenvalue weighted by Crippen LogP contribution is 2.30. The number of benzene rings is 1. The molecule has 0 saturated carbocycles. The van der Waals surface area contributed by atoms with Gasteiger partial charge in [0.1, 0.15) is 17.2 Å². The normalized spacial score (nSPS) is 20.4. The smallest absolute Gasteiger partial charge is 0.256 e. The maximum absolute atomic E-state index is 12.6. The van der Waals surface area contributed by atoms with Crippen LogP contribution in [0.4, 0.5) is 5.82 Å². The highest BCUT2D eigenvalue weighted by Gasteiger charge is 2.41. The molecule has 0 aliphatic carbocycles. The van der Waals surface area contributed by atoms with Gasteiger partial charge in [-0.15, -0.1) is 0 Å². The number of carbonyl (C=O) groups excluding carboxylic acids is 3. The Morgan fingerprint density at radius 2 is 2.03 bits per heavy atom. The number of aromatic nitrogens is 1. The van der Waals surface area contributed by atoms with Crippen LogP contribution >= 0.6 is 0 Å². The number of pyridine rings is 1. The van der Waals surface area contributed by atoms with E-state index in [1.807, 2.05) is 24.3 Å². The van der Waals surface area contributed by atoms with E-state index >= 15 is 0 Å². The lowest BCUT2D eigenvalue weighted by Crippen LogP contribution is -2.58. The van der Waals surface area contributed by atoms with Gasteiger partial charge in [0.15, 0.2) is 0 Å². The molecule has 162 valence electrons. The number of ether oxygens (including phenoxy) is 1. The van der Waals surface area contributed by atoms with Crippen molar-refractivity contribution in [1.82, 2.24) is 20.5 Å². The molecule has 2 aliphatic rings. The Morgan fingerprint density at radius 3 is 2.87 bits per heavy atom. The quantitative estimate of drug-likeness (QED) is 0.668. The zero-order valence-corrected chi connectivity index (χ0v) is 17.3. The third-order valence-corrected chi connectivity index (χ3v) is 5.69. The third kappa shape index (κ3) is 4.45. The molecule has 4 rings (SSSR count). The fourth-order valence-electron chi connectivity index (χ4n) is 3.97. The molecule has 1 saturated heterocycles. The summed E-state index contributed by atoms with van der Waals surface area (Å²) < 4.78 is 5.30. The van der Waals surface area contributed by atoms with Crippen LogP contribution in [0.25, 0.3) is 0 Å². The topological polar surface area (TPSA) is 113 Å². The summed E-state index contributed by atoms with van der Waals surface area (Å²) in [5.74, 6) is 0.637. The van der Waals surface area contributed by atoms with Gasteiger partial charge in [-0.25, -0.2) is 4.98 Å². The average molecular weight is 423 g/mol. The molecule has 2 aromatic rings. The van der Waals surface area contributed by atoms with E-state index in [0.29, 0.717) is 43.1 Å². The fraction of sp³-hybridized carbons (Fsp3) is 0.364. The molecule has 1 aromatic carbocycles. The van der Waals surface area contributed by atoms with Crippen molar-refractivity contribution in [3.05, 3.63) is 53.7 Å². The number of hydrogen-bond donors (Lipinski definition) is 3. The van der Waals surface area contributed by atoms with Crippen LogP contribution < -0.4 is 20.7 Å². The van der Waals surface area contributed by atoms with Gasteiger partial charge in [0.05, 0.1) is 19.2 Å². The minimum atomic E-state index is -0.753. The predicted octanol–water partition coefficient (Wildman–Crippen LogP) is 1.27. The van der Waals surface area contributed by atoms with E-state index in [1.54, 1.807) is 25.4 Å². The largest absolute Gasteiger partial charge is 0.496 e. The Kier molecular flexibility index (Phi) is 5.75. The van der Waals surface area contributed by atoms with E-state index in [-0.39, 0.29) is 30.7 Å². The van der Waals surface area contributed by atoms with Gasteiger partial charge in [-0.3, -0.25) is 14.4 Å². The molecule has 1 atom stereocenters. The maximum atomic E-state index is 12.6. The molecule has 9 heteroatoms. The predicted molar refractivity (Wildman–Crippen MR) is 113 cm³/mol. The molecule has 3 heterocycles. The molecular weight excluding hydrogens is 398 g/mol. The van der Waals surface area contributed by atoms with Crippen molar-refractivity contribution in [1.29, 1.82) is 0 Å². The maximum Gasteiger partial charge on any atom is 0.256 e. The van der Waals surface area contributed by atoms with E-state index in [9.17, 15) is 14.4 Å². The first-order valence-electron chi connectivity index (χ1n) is 10.2. The second-order valence-corrected chi connectivity index (χ2v) is 7.71. The van der Waals surface area contributed by atoms with Crippen molar-refractivity contribution in [3.8, 4) is 5.75 Å². The minimum Gasteiger partial charge on any atom is -0.496 e. The molecule has 9 nitrogen and oxygen atoms in total. The molecule has 0 bridgehead atoms. The molecule has 0 radical (unpaired) electrons. The molecule has 1 unspecified atom stereocenters. The minimum absolute atomic E-state index is 0.0349. The standard InChI is InChI=1S/C22H25N5O4/c1-31-17-7-3-2-5-15(17)13-24-18(28)14-27-12-10-22(9-8-19(27)29)25-20-16(21(30)26-22)6-4-11-23-20/h2-7,11H,8-10,12-14H2,1H3,(H,23,25)(H,24,28)(H,26,30). The number of rotatable bonds is 5. The first-order chi connectivity index (χ1) is 15.0. The van der Waals surface area contributed by atoms with Crippen molar-refractivity contribution in [2.45, 2.75) is 31.5 Å². The number of methoxy groups -OCH3 is 1. The van der Waals surface area contributed by atoms with Crippen LogP contribution in [0.5, 0.6) is 5.75 Å². The Balaban J connectivity index is 1.37. The summed E-state index contributed by atoms with van der Waals surface area (Å²) in [6.07, 6.45) is 2.74. The second kappa shape index (κ2) is 8.63. The van der Waals surface area contributed by atoms with Gasteiger partial charge in [0, 0.05) is 37.7 Å². The Hall–Kier alpha value is -3.62. The van der Waals surface area contributed by atoms with E-state index < -0.39 is 5.66 Å². The van der Waals surface area contributed by atoms with Crippen LogP contribution in [0.2, 0.25) is 0 Å². The van der Waals surface area contributed by atoms with E-state index in [0.717, 1.165) is 5.56 Å². The number of para-hydroxylation sites is 1. The molecule has 3 N–H and O–H groups in total. The van der Waals surface area contributed by atoms with Gasteiger partial charge in [-0.05, 0) is 24.6 Å². The molecule has 1 aromatic heterocycles. The van der Waals surface area contributed by atoms with Crippen molar-refractivity contribution in [3.63, 3.8) is 0 Å². The number of carbonyl (C=O) groups is 3. The van der Waals surface area contributed by atoms with Crippen LogP contribution in [0.3, 0.4) is 0 Å². The molecule has 1 spiro atoms. The Labute approximate surface area is 180 Å². The molecule has 2 aliphatic heterocycles. The number of fused-ring (bicyclic) bond motifs is 1. The summed E-state index contributed by atoms with van der Waals surface area (Å²) >= 11 is 0. The summed E-state index contributed by atoms with van der Waals surface area (Å²) in [5.41, 5.74) is 0.590. The van der Waals surface area contributed by atoms with Crippen molar-refractivity contribution in [2.75, 3.05) is 25.5 Å². The Bertz CT molecular complexity index is 1010. The summed E-state index contributed by atoms with van der Waals surface area (Å²) in [6, 6.07) is 10.9.